The normalized spacial score (nSPS) is 10.4. The number of carbonyl (C=O) groups excluding carboxylic acids is 1. The minimum atomic E-state index is -0.0510. The summed E-state index contributed by atoms with van der Waals surface area (Å²) >= 11 is 1.50. The molecule has 1 aromatic heterocycles. The quantitative estimate of drug-likeness (QED) is 0.526. The number of thioether (sulfide) groups is 1. The van der Waals surface area contributed by atoms with Gasteiger partial charge in [-0.25, -0.2) is 0 Å². The van der Waals surface area contributed by atoms with Crippen molar-refractivity contribution in [2.75, 3.05) is 6.26 Å². The molecule has 1 aromatic rings. The SMILES string of the molecule is CSC=CC(=O)c1ccccn1. The van der Waals surface area contributed by atoms with Gasteiger partial charge in [-0.05, 0) is 29.9 Å². The van der Waals surface area contributed by atoms with Gasteiger partial charge in [-0.3, -0.25) is 9.78 Å². The van der Waals surface area contributed by atoms with Crippen molar-refractivity contribution >= 4 is 17.5 Å². The first kappa shape index (κ1) is 9.00. The van der Waals surface area contributed by atoms with Gasteiger partial charge in [-0.1, -0.05) is 6.07 Å². The van der Waals surface area contributed by atoms with Crippen molar-refractivity contribution < 1.29 is 4.79 Å². The molecule has 3 heteroatoms. The Morgan fingerprint density at radius 1 is 1.58 bits per heavy atom. The van der Waals surface area contributed by atoms with E-state index in [0.29, 0.717) is 5.69 Å². The number of allylic oxidation sites excluding steroid dienone is 1. The summed E-state index contributed by atoms with van der Waals surface area (Å²) in [5.74, 6) is -0.0510. The molecule has 1 heterocycles. The third-order valence-electron chi connectivity index (χ3n) is 1.27. The molecule has 2 nitrogen and oxygen atoms in total. The molecule has 62 valence electrons. The number of nitrogens with zero attached hydrogens (tertiary/aromatic N) is 1. The lowest BCUT2D eigenvalue weighted by molar-refractivity contribution is 0.104. The summed E-state index contributed by atoms with van der Waals surface area (Å²) in [5, 5.41) is 1.75. The average molecular weight is 179 g/mol. The predicted octanol–water partition coefficient (Wildman–Crippen LogP) is 2.14. The second-order valence-electron chi connectivity index (χ2n) is 2.12. The van der Waals surface area contributed by atoms with Crippen LogP contribution in [0.3, 0.4) is 0 Å². The Bertz CT molecular complexity index is 282. The fourth-order valence-corrected chi connectivity index (χ4v) is 0.983. The van der Waals surface area contributed by atoms with Gasteiger partial charge < -0.3 is 0 Å². The first-order valence-electron chi connectivity index (χ1n) is 3.49. The third-order valence-corrected chi connectivity index (χ3v) is 1.68. The summed E-state index contributed by atoms with van der Waals surface area (Å²) in [5.41, 5.74) is 0.489. The maximum absolute atomic E-state index is 11.2. The topological polar surface area (TPSA) is 30.0 Å². The lowest BCUT2D eigenvalue weighted by Gasteiger charge is -1.91. The van der Waals surface area contributed by atoms with Gasteiger partial charge in [0.2, 0.25) is 5.78 Å². The summed E-state index contributed by atoms with van der Waals surface area (Å²) in [6.45, 7) is 0. The van der Waals surface area contributed by atoms with Crippen LogP contribution in [0.25, 0.3) is 0 Å². The van der Waals surface area contributed by atoms with Crippen LogP contribution < -0.4 is 0 Å². The van der Waals surface area contributed by atoms with E-state index >= 15 is 0 Å². The van der Waals surface area contributed by atoms with Crippen LogP contribution in [0.4, 0.5) is 0 Å². The third kappa shape index (κ3) is 2.51. The number of pyridine rings is 1. The van der Waals surface area contributed by atoms with Gasteiger partial charge >= 0.3 is 0 Å². The van der Waals surface area contributed by atoms with Crippen LogP contribution in [0.1, 0.15) is 10.5 Å². The van der Waals surface area contributed by atoms with Gasteiger partial charge in [0.05, 0.1) is 0 Å². The average Bonchev–Trinajstić information content (AvgIpc) is 2.15. The van der Waals surface area contributed by atoms with E-state index in [9.17, 15) is 4.79 Å². The summed E-state index contributed by atoms with van der Waals surface area (Å²) in [4.78, 5) is 15.2. The smallest absolute Gasteiger partial charge is 0.204 e. The van der Waals surface area contributed by atoms with E-state index in [4.69, 9.17) is 0 Å². The summed E-state index contributed by atoms with van der Waals surface area (Å²) in [7, 11) is 0. The molecule has 0 aliphatic heterocycles. The minimum absolute atomic E-state index is 0.0510. The Morgan fingerprint density at radius 2 is 2.42 bits per heavy atom. The number of aromatic nitrogens is 1. The molecule has 0 radical (unpaired) electrons. The molecule has 0 saturated carbocycles. The number of ketones is 1. The van der Waals surface area contributed by atoms with E-state index in [0.717, 1.165) is 0 Å². The number of carbonyl (C=O) groups is 1. The molecule has 0 aromatic carbocycles. The largest absolute Gasteiger partial charge is 0.288 e. The summed E-state index contributed by atoms with van der Waals surface area (Å²) in [6, 6.07) is 5.29. The van der Waals surface area contributed by atoms with Crippen LogP contribution in [0, 0.1) is 0 Å². The van der Waals surface area contributed by atoms with Gasteiger partial charge in [0.1, 0.15) is 5.69 Å². The van der Waals surface area contributed by atoms with Crippen molar-refractivity contribution in [2.45, 2.75) is 0 Å². The van der Waals surface area contributed by atoms with Crippen molar-refractivity contribution in [3.05, 3.63) is 41.6 Å². The van der Waals surface area contributed by atoms with E-state index in [1.54, 1.807) is 29.8 Å². The van der Waals surface area contributed by atoms with Crippen molar-refractivity contribution in [1.82, 2.24) is 4.98 Å². The molecule has 0 N–H and O–H groups in total. The standard InChI is InChI=1S/C9H9NOS/c1-12-7-5-9(11)8-4-2-3-6-10-8/h2-7H,1H3. The van der Waals surface area contributed by atoms with Crippen LogP contribution in [0.2, 0.25) is 0 Å². The molecular formula is C9H9NOS. The van der Waals surface area contributed by atoms with Gasteiger partial charge in [-0.15, -0.1) is 11.8 Å². The monoisotopic (exact) mass is 179 g/mol. The van der Waals surface area contributed by atoms with Gasteiger partial charge in [0.15, 0.2) is 0 Å². The Labute approximate surface area is 75.7 Å². The number of hydrogen-bond acceptors (Lipinski definition) is 3. The van der Waals surface area contributed by atoms with Gasteiger partial charge in [0.25, 0.3) is 0 Å². The predicted molar refractivity (Wildman–Crippen MR) is 51.2 cm³/mol. The molecule has 1 rings (SSSR count). The zero-order valence-corrected chi connectivity index (χ0v) is 7.54. The molecule has 0 atom stereocenters. The zero-order chi connectivity index (χ0) is 8.81. The fraction of sp³-hybridized carbons (Fsp3) is 0.111. The molecule has 0 spiro atoms. The van der Waals surface area contributed by atoms with Crippen LogP contribution >= 0.6 is 11.8 Å². The molecule has 0 aliphatic rings. The second kappa shape index (κ2) is 4.72. The minimum Gasteiger partial charge on any atom is -0.288 e. The van der Waals surface area contributed by atoms with Gasteiger partial charge in [-0.2, -0.15) is 0 Å². The molecule has 0 amide bonds. The lowest BCUT2D eigenvalue weighted by Crippen LogP contribution is -1.96. The first-order valence-corrected chi connectivity index (χ1v) is 4.78. The lowest BCUT2D eigenvalue weighted by atomic mass is 10.2. The number of hydrogen-bond donors (Lipinski definition) is 0. The zero-order valence-electron chi connectivity index (χ0n) is 6.73. The van der Waals surface area contributed by atoms with Crippen LogP contribution in [0.15, 0.2) is 35.9 Å². The maximum Gasteiger partial charge on any atom is 0.204 e. The van der Waals surface area contributed by atoms with E-state index in [1.807, 2.05) is 6.26 Å². The van der Waals surface area contributed by atoms with Gasteiger partial charge in [0, 0.05) is 6.20 Å². The second-order valence-corrected chi connectivity index (χ2v) is 2.86. The molecule has 0 saturated heterocycles. The number of rotatable bonds is 3. The molecule has 0 bridgehead atoms. The van der Waals surface area contributed by atoms with Crippen LogP contribution in [-0.4, -0.2) is 17.0 Å². The van der Waals surface area contributed by atoms with Crippen molar-refractivity contribution in [1.29, 1.82) is 0 Å². The first-order chi connectivity index (χ1) is 5.84. The molecule has 0 fully saturated rings. The fourth-order valence-electron chi connectivity index (χ4n) is 0.724. The highest BCUT2D eigenvalue weighted by Gasteiger charge is 1.99. The van der Waals surface area contributed by atoms with Crippen molar-refractivity contribution in [2.24, 2.45) is 0 Å². The highest BCUT2D eigenvalue weighted by atomic mass is 32.2. The highest BCUT2D eigenvalue weighted by Crippen LogP contribution is 1.99. The maximum atomic E-state index is 11.2. The Balaban J connectivity index is 2.72. The van der Waals surface area contributed by atoms with Crippen LogP contribution in [-0.2, 0) is 0 Å². The van der Waals surface area contributed by atoms with E-state index in [1.165, 1.54) is 17.8 Å². The van der Waals surface area contributed by atoms with Crippen molar-refractivity contribution in [3.8, 4) is 0 Å². The van der Waals surface area contributed by atoms with Crippen LogP contribution in [0.5, 0.6) is 0 Å². The summed E-state index contributed by atoms with van der Waals surface area (Å²) in [6.07, 6.45) is 5.04. The Kier molecular flexibility index (Phi) is 3.54. The van der Waals surface area contributed by atoms with E-state index < -0.39 is 0 Å². The van der Waals surface area contributed by atoms with Crippen molar-refractivity contribution in [3.63, 3.8) is 0 Å². The highest BCUT2D eigenvalue weighted by molar-refractivity contribution is 8.01. The van der Waals surface area contributed by atoms with E-state index in [-0.39, 0.29) is 5.78 Å². The Hall–Kier alpha value is -1.09. The molecular weight excluding hydrogens is 170 g/mol. The van der Waals surface area contributed by atoms with E-state index in [2.05, 4.69) is 4.98 Å². The molecule has 0 aliphatic carbocycles. The summed E-state index contributed by atoms with van der Waals surface area (Å²) < 4.78 is 0. The molecule has 12 heavy (non-hydrogen) atoms. The molecule has 0 unspecified atom stereocenters. The Morgan fingerprint density at radius 3 is 3.00 bits per heavy atom.